The highest BCUT2D eigenvalue weighted by molar-refractivity contribution is 6.17. The van der Waals surface area contributed by atoms with E-state index in [4.69, 9.17) is 17.3 Å². The van der Waals surface area contributed by atoms with Crippen LogP contribution in [-0.2, 0) is 5.88 Å². The van der Waals surface area contributed by atoms with E-state index < -0.39 is 0 Å². The largest absolute Gasteiger partial charge is 0.330 e. The van der Waals surface area contributed by atoms with E-state index in [9.17, 15) is 0 Å². The van der Waals surface area contributed by atoms with E-state index in [0.717, 1.165) is 6.54 Å². The standard InChI is InChI=1S/C16H35N.C9H11Cl/c1-2-3-4-5-6-7-8-9-10-11-12-13-14-15-16-17;1-7-4-3-5-9(6-10)8(7)2/h2-17H2,1H3;3-5H,6H2,1-2H3. The molecule has 0 aliphatic heterocycles. The first-order valence-electron chi connectivity index (χ1n) is 11.5. The minimum Gasteiger partial charge on any atom is -0.330 e. The fourth-order valence-electron chi connectivity index (χ4n) is 3.30. The maximum Gasteiger partial charge on any atom is 0.0476 e. The van der Waals surface area contributed by atoms with Gasteiger partial charge in [-0.2, -0.15) is 0 Å². The minimum atomic E-state index is 0.619. The summed E-state index contributed by atoms with van der Waals surface area (Å²) in [4.78, 5) is 0. The van der Waals surface area contributed by atoms with E-state index in [1.54, 1.807) is 0 Å². The molecule has 1 aromatic carbocycles. The molecule has 0 spiro atoms. The number of alkyl halides is 1. The Morgan fingerprint density at radius 1 is 0.704 bits per heavy atom. The van der Waals surface area contributed by atoms with Crippen molar-refractivity contribution in [3.05, 3.63) is 34.9 Å². The summed E-state index contributed by atoms with van der Waals surface area (Å²) in [6.45, 7) is 7.37. The van der Waals surface area contributed by atoms with Crippen LogP contribution in [0.2, 0.25) is 0 Å². The van der Waals surface area contributed by atoms with Crippen molar-refractivity contribution in [2.24, 2.45) is 5.73 Å². The van der Waals surface area contributed by atoms with Crippen LogP contribution in [0.1, 0.15) is 114 Å². The number of hydrogen-bond donors (Lipinski definition) is 1. The molecule has 2 heteroatoms. The molecule has 158 valence electrons. The van der Waals surface area contributed by atoms with Crippen molar-refractivity contribution >= 4 is 11.6 Å². The first-order valence-corrected chi connectivity index (χ1v) is 12.0. The Bertz CT molecular complexity index is 416. The van der Waals surface area contributed by atoms with Crippen LogP contribution in [0.15, 0.2) is 18.2 Å². The van der Waals surface area contributed by atoms with E-state index >= 15 is 0 Å². The van der Waals surface area contributed by atoms with Gasteiger partial charge in [0.2, 0.25) is 0 Å². The highest BCUT2D eigenvalue weighted by atomic mass is 35.5. The average Bonchev–Trinajstić information content (AvgIpc) is 2.68. The molecule has 0 aliphatic rings. The lowest BCUT2D eigenvalue weighted by atomic mass is 10.0. The topological polar surface area (TPSA) is 26.0 Å². The molecule has 27 heavy (non-hydrogen) atoms. The molecule has 0 aromatic heterocycles. The fraction of sp³-hybridized carbons (Fsp3) is 0.760. The molecule has 0 aliphatic carbocycles. The van der Waals surface area contributed by atoms with Crippen LogP contribution in [0.3, 0.4) is 0 Å². The fourth-order valence-corrected chi connectivity index (χ4v) is 3.59. The first kappa shape index (κ1) is 26.5. The second kappa shape index (κ2) is 20.2. The molecule has 0 radical (unpaired) electrons. The monoisotopic (exact) mass is 395 g/mol. The molecule has 1 aromatic rings. The Morgan fingerprint density at radius 2 is 1.15 bits per heavy atom. The molecule has 2 N–H and O–H groups in total. The number of rotatable bonds is 15. The zero-order chi connectivity index (χ0) is 20.2. The normalized spacial score (nSPS) is 10.6. The van der Waals surface area contributed by atoms with Gasteiger partial charge in [0.25, 0.3) is 0 Å². The summed E-state index contributed by atoms with van der Waals surface area (Å²) < 4.78 is 0. The highest BCUT2D eigenvalue weighted by Crippen LogP contribution is 2.14. The number of hydrogen-bond acceptors (Lipinski definition) is 1. The zero-order valence-corrected chi connectivity index (χ0v) is 19.3. The molecule has 1 rings (SSSR count). The molecular formula is C25H46ClN. The Morgan fingerprint density at radius 3 is 1.52 bits per heavy atom. The number of benzene rings is 1. The Kier molecular flexibility index (Phi) is 19.8. The van der Waals surface area contributed by atoms with Gasteiger partial charge in [0.1, 0.15) is 0 Å². The molecule has 0 atom stereocenters. The van der Waals surface area contributed by atoms with E-state index in [0.29, 0.717) is 5.88 Å². The van der Waals surface area contributed by atoms with Gasteiger partial charge in [-0.1, -0.05) is 109 Å². The van der Waals surface area contributed by atoms with Crippen molar-refractivity contribution in [3.8, 4) is 0 Å². The Labute approximate surface area is 175 Å². The van der Waals surface area contributed by atoms with E-state index in [1.165, 1.54) is 107 Å². The third kappa shape index (κ3) is 16.2. The summed E-state index contributed by atoms with van der Waals surface area (Å²) in [7, 11) is 0. The van der Waals surface area contributed by atoms with Crippen molar-refractivity contribution < 1.29 is 0 Å². The van der Waals surface area contributed by atoms with Gasteiger partial charge >= 0.3 is 0 Å². The van der Waals surface area contributed by atoms with Gasteiger partial charge in [-0.15, -0.1) is 11.6 Å². The van der Waals surface area contributed by atoms with Crippen LogP contribution in [0.25, 0.3) is 0 Å². The maximum atomic E-state index is 5.70. The van der Waals surface area contributed by atoms with Crippen LogP contribution in [0, 0.1) is 13.8 Å². The molecule has 0 fully saturated rings. The molecule has 0 amide bonds. The van der Waals surface area contributed by atoms with Gasteiger partial charge in [0.05, 0.1) is 0 Å². The van der Waals surface area contributed by atoms with Crippen molar-refractivity contribution in [3.63, 3.8) is 0 Å². The lowest BCUT2D eigenvalue weighted by Crippen LogP contribution is -1.97. The van der Waals surface area contributed by atoms with Gasteiger partial charge in [-0.25, -0.2) is 0 Å². The van der Waals surface area contributed by atoms with Crippen LogP contribution in [0.5, 0.6) is 0 Å². The van der Waals surface area contributed by atoms with Gasteiger partial charge in [-0.05, 0) is 43.5 Å². The summed E-state index contributed by atoms with van der Waals surface area (Å²) in [5.41, 5.74) is 9.34. The summed E-state index contributed by atoms with van der Waals surface area (Å²) in [5, 5.41) is 0. The molecule has 0 bridgehead atoms. The number of aryl methyl sites for hydroxylation is 1. The van der Waals surface area contributed by atoms with E-state index in [1.807, 2.05) is 6.07 Å². The first-order chi connectivity index (χ1) is 13.2. The second-order valence-electron chi connectivity index (χ2n) is 7.88. The van der Waals surface area contributed by atoms with Gasteiger partial charge in [0.15, 0.2) is 0 Å². The SMILES string of the molecule is CCCCCCCCCCCCCCCCN.Cc1cccc(CCl)c1C. The lowest BCUT2D eigenvalue weighted by molar-refractivity contribution is 0.536. The van der Waals surface area contributed by atoms with Crippen molar-refractivity contribution in [1.29, 1.82) is 0 Å². The van der Waals surface area contributed by atoms with Crippen LogP contribution in [0.4, 0.5) is 0 Å². The van der Waals surface area contributed by atoms with Gasteiger partial charge in [0, 0.05) is 5.88 Å². The summed E-state index contributed by atoms with van der Waals surface area (Å²) >= 11 is 5.70. The zero-order valence-electron chi connectivity index (χ0n) is 18.5. The second-order valence-corrected chi connectivity index (χ2v) is 8.14. The highest BCUT2D eigenvalue weighted by Gasteiger charge is 1.96. The van der Waals surface area contributed by atoms with E-state index in [-0.39, 0.29) is 0 Å². The predicted octanol–water partition coefficient (Wildman–Crippen LogP) is 8.47. The average molecular weight is 396 g/mol. The number of unbranched alkanes of at least 4 members (excludes halogenated alkanes) is 13. The van der Waals surface area contributed by atoms with Crippen LogP contribution in [-0.4, -0.2) is 6.54 Å². The number of nitrogens with two attached hydrogens (primary N) is 1. The quantitative estimate of drug-likeness (QED) is 0.234. The lowest BCUT2D eigenvalue weighted by Gasteiger charge is -2.03. The summed E-state index contributed by atoms with van der Waals surface area (Å²) in [6.07, 6.45) is 19.9. The molecule has 0 saturated heterocycles. The molecular weight excluding hydrogens is 350 g/mol. The van der Waals surface area contributed by atoms with Crippen LogP contribution < -0.4 is 5.73 Å². The van der Waals surface area contributed by atoms with Crippen LogP contribution >= 0.6 is 11.6 Å². The minimum absolute atomic E-state index is 0.619. The summed E-state index contributed by atoms with van der Waals surface area (Å²) in [6, 6.07) is 6.21. The Hall–Kier alpha value is -0.530. The number of halogens is 1. The maximum absolute atomic E-state index is 5.70. The van der Waals surface area contributed by atoms with Crippen molar-refractivity contribution in [2.75, 3.05) is 6.54 Å². The van der Waals surface area contributed by atoms with Crippen molar-refractivity contribution in [1.82, 2.24) is 0 Å². The van der Waals surface area contributed by atoms with Crippen molar-refractivity contribution in [2.45, 2.75) is 117 Å². The summed E-state index contributed by atoms with van der Waals surface area (Å²) in [5.74, 6) is 0.619. The third-order valence-corrected chi connectivity index (χ3v) is 5.71. The predicted molar refractivity (Wildman–Crippen MR) is 125 cm³/mol. The molecule has 0 heterocycles. The smallest absolute Gasteiger partial charge is 0.0476 e. The van der Waals surface area contributed by atoms with Gasteiger partial charge in [-0.3, -0.25) is 0 Å². The molecule has 1 nitrogen and oxygen atoms in total. The molecule has 0 unspecified atom stereocenters. The molecule has 0 saturated carbocycles. The van der Waals surface area contributed by atoms with Gasteiger partial charge < -0.3 is 5.73 Å². The third-order valence-electron chi connectivity index (χ3n) is 5.42. The van der Waals surface area contributed by atoms with E-state index in [2.05, 4.69) is 32.9 Å². The Balaban J connectivity index is 0.000000569.